The van der Waals surface area contributed by atoms with Crippen LogP contribution in [0.5, 0.6) is 11.5 Å². The van der Waals surface area contributed by atoms with E-state index in [4.69, 9.17) is 21.3 Å². The van der Waals surface area contributed by atoms with Gasteiger partial charge in [0.05, 0.1) is 5.69 Å². The van der Waals surface area contributed by atoms with Gasteiger partial charge < -0.3 is 21.3 Å². The summed E-state index contributed by atoms with van der Waals surface area (Å²) in [6, 6.07) is 12.1. The van der Waals surface area contributed by atoms with Crippen LogP contribution in [0, 0.1) is 6.92 Å². The van der Waals surface area contributed by atoms with Crippen LogP contribution in [0.2, 0.25) is 0 Å². The van der Waals surface area contributed by atoms with Crippen molar-refractivity contribution in [1.29, 1.82) is 0 Å². The van der Waals surface area contributed by atoms with Crippen LogP contribution in [0.15, 0.2) is 42.5 Å². The fourth-order valence-electron chi connectivity index (χ4n) is 1.32. The second-order valence-electron chi connectivity index (χ2n) is 4.22. The van der Waals surface area contributed by atoms with Crippen molar-refractivity contribution in [2.24, 2.45) is 0 Å². The summed E-state index contributed by atoms with van der Waals surface area (Å²) in [5, 5.41) is 9.10. The highest BCUT2D eigenvalue weighted by molar-refractivity contribution is 5.70. The number of hydrogen-bond acceptors (Lipinski definition) is 5. The van der Waals surface area contributed by atoms with Gasteiger partial charge in [-0.3, -0.25) is 4.79 Å². The Morgan fingerprint density at radius 1 is 1.10 bits per heavy atom. The van der Waals surface area contributed by atoms with Gasteiger partial charge in [-0.2, -0.15) is 0 Å². The summed E-state index contributed by atoms with van der Waals surface area (Å²) in [6.45, 7) is 3.33. The molecule has 5 N–H and O–H groups in total. The predicted octanol–water partition coefficient (Wildman–Crippen LogP) is 2.48. The third-order valence-corrected chi connectivity index (χ3v) is 2.34. The lowest BCUT2D eigenvalue weighted by atomic mass is 10.2. The van der Waals surface area contributed by atoms with E-state index >= 15 is 0 Å². The molecule has 2 aromatic carbocycles. The Bertz CT molecular complexity index is 559. The molecule has 0 atom stereocenters. The first-order valence-corrected chi connectivity index (χ1v) is 5.97. The number of carbonyl (C=O) groups excluding carboxylic acids is 1. The summed E-state index contributed by atoms with van der Waals surface area (Å²) in [6.07, 6.45) is 0. The van der Waals surface area contributed by atoms with E-state index in [2.05, 4.69) is 0 Å². The van der Waals surface area contributed by atoms with Crippen LogP contribution in [0.25, 0.3) is 0 Å². The molecule has 0 heterocycles. The second kappa shape index (κ2) is 7.04. The maximum atomic E-state index is 10.5. The summed E-state index contributed by atoms with van der Waals surface area (Å²) in [7, 11) is 0. The number of phenolic OH excluding ortho intramolecular Hbond substituents is 1. The highest BCUT2D eigenvalue weighted by Crippen LogP contribution is 2.25. The van der Waals surface area contributed by atoms with Crippen molar-refractivity contribution in [2.45, 2.75) is 13.8 Å². The van der Waals surface area contributed by atoms with Gasteiger partial charge in [-0.15, -0.1) is 0 Å². The molecule has 20 heavy (non-hydrogen) atoms. The zero-order valence-electron chi connectivity index (χ0n) is 11.5. The fraction of sp³-hybridized carbons (Fsp3) is 0.133. The van der Waals surface area contributed by atoms with Gasteiger partial charge >= 0.3 is 5.97 Å². The zero-order valence-corrected chi connectivity index (χ0v) is 11.5. The van der Waals surface area contributed by atoms with Gasteiger partial charge in [-0.25, -0.2) is 0 Å². The number of hydrogen-bond donors (Lipinski definition) is 3. The van der Waals surface area contributed by atoms with Gasteiger partial charge in [0.2, 0.25) is 0 Å². The maximum absolute atomic E-state index is 10.5. The van der Waals surface area contributed by atoms with E-state index in [9.17, 15) is 4.79 Å². The van der Waals surface area contributed by atoms with Crippen molar-refractivity contribution >= 4 is 17.3 Å². The van der Waals surface area contributed by atoms with Crippen molar-refractivity contribution in [2.75, 3.05) is 11.5 Å². The number of aryl methyl sites for hydroxylation is 1. The molecule has 0 aliphatic carbocycles. The Morgan fingerprint density at radius 2 is 1.70 bits per heavy atom. The van der Waals surface area contributed by atoms with Gasteiger partial charge in [0.25, 0.3) is 0 Å². The minimum absolute atomic E-state index is 0.0891. The first kappa shape index (κ1) is 15.4. The van der Waals surface area contributed by atoms with Crippen LogP contribution < -0.4 is 16.2 Å². The molecular weight excluding hydrogens is 256 g/mol. The molecular formula is C15H18N2O3. The first-order valence-electron chi connectivity index (χ1n) is 5.97. The lowest BCUT2D eigenvalue weighted by molar-refractivity contribution is -0.131. The normalized spacial score (nSPS) is 9.30. The van der Waals surface area contributed by atoms with E-state index in [1.807, 2.05) is 31.2 Å². The number of rotatable bonds is 1. The zero-order chi connectivity index (χ0) is 15.1. The number of nitrogens with two attached hydrogens (primary N) is 2. The van der Waals surface area contributed by atoms with Crippen LogP contribution >= 0.6 is 0 Å². The maximum Gasteiger partial charge on any atom is 0.308 e. The lowest BCUT2D eigenvalue weighted by Gasteiger charge is -2.02. The molecule has 0 radical (unpaired) electrons. The Labute approximate surface area is 117 Å². The van der Waals surface area contributed by atoms with Gasteiger partial charge in [-0.05, 0) is 31.2 Å². The average molecular weight is 274 g/mol. The number of carbonyl (C=O) groups is 1. The molecule has 0 amide bonds. The number of esters is 1. The van der Waals surface area contributed by atoms with E-state index in [0.717, 1.165) is 5.69 Å². The first-order chi connectivity index (χ1) is 9.38. The van der Waals surface area contributed by atoms with Gasteiger partial charge in [-0.1, -0.05) is 17.7 Å². The summed E-state index contributed by atoms with van der Waals surface area (Å²) < 4.78 is 4.70. The summed E-state index contributed by atoms with van der Waals surface area (Å²) in [5.74, 6) is -0.234. The molecule has 2 aromatic rings. The van der Waals surface area contributed by atoms with E-state index in [1.54, 1.807) is 0 Å². The standard InChI is InChI=1S/C8H9NO3.C7H9N/c1-5(10)12-6-2-3-7(9)8(11)4-6;1-6-2-4-7(8)5-3-6/h2-4,11H,9H2,1H3;2-5H,8H2,1H3. The summed E-state index contributed by atoms with van der Waals surface area (Å²) in [4.78, 5) is 10.5. The van der Waals surface area contributed by atoms with Crippen LogP contribution in [0.1, 0.15) is 12.5 Å². The van der Waals surface area contributed by atoms with E-state index in [-0.39, 0.29) is 17.2 Å². The number of nitrogen functional groups attached to an aromatic ring is 2. The highest BCUT2D eigenvalue weighted by atomic mass is 16.5. The van der Waals surface area contributed by atoms with Crippen molar-refractivity contribution < 1.29 is 14.6 Å². The van der Waals surface area contributed by atoms with Crippen molar-refractivity contribution in [3.05, 3.63) is 48.0 Å². The Balaban J connectivity index is 0.000000217. The number of phenols is 1. The highest BCUT2D eigenvalue weighted by Gasteiger charge is 2.01. The molecule has 5 nitrogen and oxygen atoms in total. The SMILES string of the molecule is CC(=O)Oc1ccc(N)c(O)c1.Cc1ccc(N)cc1. The van der Waals surface area contributed by atoms with E-state index in [1.165, 1.54) is 30.7 Å². The Kier molecular flexibility index (Phi) is 5.41. The van der Waals surface area contributed by atoms with Crippen molar-refractivity contribution in [3.8, 4) is 11.5 Å². The van der Waals surface area contributed by atoms with Crippen LogP contribution in [0.3, 0.4) is 0 Å². The Hall–Kier alpha value is -2.69. The number of ether oxygens (including phenoxy) is 1. The number of benzene rings is 2. The number of anilines is 2. The molecule has 0 saturated carbocycles. The Morgan fingerprint density at radius 3 is 2.15 bits per heavy atom. The summed E-state index contributed by atoms with van der Waals surface area (Å²) >= 11 is 0. The van der Waals surface area contributed by atoms with Crippen molar-refractivity contribution in [3.63, 3.8) is 0 Å². The van der Waals surface area contributed by atoms with Crippen molar-refractivity contribution in [1.82, 2.24) is 0 Å². The monoisotopic (exact) mass is 274 g/mol. The van der Waals surface area contributed by atoms with E-state index in [0.29, 0.717) is 0 Å². The number of aromatic hydroxyl groups is 1. The van der Waals surface area contributed by atoms with Gasteiger partial charge in [0.1, 0.15) is 11.5 Å². The predicted molar refractivity (Wildman–Crippen MR) is 79.4 cm³/mol. The largest absolute Gasteiger partial charge is 0.506 e. The molecule has 106 valence electrons. The molecule has 0 saturated heterocycles. The third-order valence-electron chi connectivity index (χ3n) is 2.34. The molecule has 0 aliphatic heterocycles. The van der Waals surface area contributed by atoms with E-state index < -0.39 is 5.97 Å². The minimum atomic E-state index is -0.431. The average Bonchev–Trinajstić information content (AvgIpc) is 2.38. The molecule has 5 heteroatoms. The van der Waals surface area contributed by atoms with Crippen LogP contribution in [-0.4, -0.2) is 11.1 Å². The summed E-state index contributed by atoms with van der Waals surface area (Å²) in [5.41, 5.74) is 13.1. The molecule has 0 aliphatic rings. The smallest absolute Gasteiger partial charge is 0.308 e. The lowest BCUT2D eigenvalue weighted by Crippen LogP contribution is -2.01. The minimum Gasteiger partial charge on any atom is -0.506 e. The van der Waals surface area contributed by atoms with Crippen LogP contribution in [0.4, 0.5) is 11.4 Å². The molecule has 0 aromatic heterocycles. The van der Waals surface area contributed by atoms with Gasteiger partial charge in [0, 0.05) is 18.7 Å². The quantitative estimate of drug-likeness (QED) is 0.321. The molecule has 2 rings (SSSR count). The molecule has 0 bridgehead atoms. The second-order valence-corrected chi connectivity index (χ2v) is 4.22. The molecule has 0 unspecified atom stereocenters. The van der Waals surface area contributed by atoms with Gasteiger partial charge in [0.15, 0.2) is 0 Å². The third kappa shape index (κ3) is 5.30. The fourth-order valence-corrected chi connectivity index (χ4v) is 1.32. The molecule has 0 spiro atoms. The topological polar surface area (TPSA) is 98.6 Å². The molecule has 0 fully saturated rings. The van der Waals surface area contributed by atoms with Crippen LogP contribution in [-0.2, 0) is 4.79 Å².